The van der Waals surface area contributed by atoms with Gasteiger partial charge < -0.3 is 9.84 Å². The van der Waals surface area contributed by atoms with E-state index in [1.54, 1.807) is 18.2 Å². The van der Waals surface area contributed by atoms with Crippen LogP contribution in [-0.4, -0.2) is 13.0 Å². The Morgan fingerprint density at radius 1 is 0.871 bits per heavy atom. The number of rotatable bonds is 14. The average Bonchev–Trinajstić information content (AvgIpc) is 2.69. The van der Waals surface area contributed by atoms with Gasteiger partial charge in [0.25, 0.3) is 10.1 Å². The van der Waals surface area contributed by atoms with E-state index in [0.717, 1.165) is 19.3 Å². The molecule has 2 aromatic rings. The van der Waals surface area contributed by atoms with Crippen LogP contribution in [0.3, 0.4) is 0 Å². The molecule has 0 aliphatic heterocycles. The standard InChI is InChI=1S/C24H34O5S.K/c1-2-3-4-5-6-7-8-9-10-11-16-22-23(17-13-18-24(22)30(26,27)28)29-21-15-12-14-20(25)19-21;/h12-15,17-19,25H,2-11,16H2,1H3,(H,26,27,28);/q;+1/p-1. The monoisotopic (exact) mass is 472 g/mol. The van der Waals surface area contributed by atoms with Gasteiger partial charge in [-0.1, -0.05) is 82.9 Å². The summed E-state index contributed by atoms with van der Waals surface area (Å²) in [4.78, 5) is -0.130. The van der Waals surface area contributed by atoms with Crippen molar-refractivity contribution in [2.75, 3.05) is 0 Å². The van der Waals surface area contributed by atoms with Crippen molar-refractivity contribution >= 4 is 10.1 Å². The van der Waals surface area contributed by atoms with Gasteiger partial charge in [-0.05, 0) is 37.1 Å². The van der Waals surface area contributed by atoms with Gasteiger partial charge in [0.15, 0.2) is 0 Å². The fourth-order valence-electron chi connectivity index (χ4n) is 3.58. The quantitative estimate of drug-likeness (QED) is 0.259. The van der Waals surface area contributed by atoms with Crippen LogP contribution in [0.4, 0.5) is 0 Å². The van der Waals surface area contributed by atoms with Crippen LogP contribution in [0.5, 0.6) is 17.2 Å². The Balaban J connectivity index is 0.00000480. The molecule has 0 radical (unpaired) electrons. The smallest absolute Gasteiger partial charge is 0.872 e. The van der Waals surface area contributed by atoms with E-state index in [9.17, 15) is 18.1 Å². The number of unbranched alkanes of at least 4 members (excludes halogenated alkanes) is 9. The van der Waals surface area contributed by atoms with Gasteiger partial charge in [-0.3, -0.25) is 4.55 Å². The largest absolute Gasteiger partial charge is 1.00 e. The summed E-state index contributed by atoms with van der Waals surface area (Å²) in [6.45, 7) is 2.22. The molecule has 0 saturated carbocycles. The minimum absolute atomic E-state index is 0. The number of benzene rings is 2. The van der Waals surface area contributed by atoms with E-state index < -0.39 is 10.1 Å². The molecule has 1 N–H and O–H groups in total. The Kier molecular flexibility index (Phi) is 14.2. The van der Waals surface area contributed by atoms with Crippen molar-refractivity contribution in [1.82, 2.24) is 0 Å². The zero-order valence-corrected chi connectivity index (χ0v) is 22.7. The van der Waals surface area contributed by atoms with Gasteiger partial charge in [0.2, 0.25) is 0 Å². The molecule has 2 aromatic carbocycles. The molecule has 166 valence electrons. The molecule has 0 aliphatic rings. The third-order valence-electron chi connectivity index (χ3n) is 5.18. The number of hydrogen-bond acceptors (Lipinski definition) is 4. The molecular formula is C24H33KO5S. The van der Waals surface area contributed by atoms with Crippen LogP contribution in [0.2, 0.25) is 0 Å². The first-order chi connectivity index (χ1) is 14.4. The number of hydrogen-bond donors (Lipinski definition) is 1. The molecule has 0 aliphatic carbocycles. The van der Waals surface area contributed by atoms with Crippen LogP contribution in [0.15, 0.2) is 47.4 Å². The van der Waals surface area contributed by atoms with E-state index in [-0.39, 0.29) is 62.0 Å². The third kappa shape index (κ3) is 10.8. The van der Waals surface area contributed by atoms with Crippen molar-refractivity contribution in [3.63, 3.8) is 0 Å². The normalized spacial score (nSPS) is 11.2. The molecule has 0 spiro atoms. The fraction of sp³-hybridized carbons (Fsp3) is 0.500. The van der Waals surface area contributed by atoms with Gasteiger partial charge in [0.1, 0.15) is 16.4 Å². The van der Waals surface area contributed by atoms with Crippen molar-refractivity contribution in [3.8, 4) is 17.2 Å². The molecule has 31 heavy (non-hydrogen) atoms. The first kappa shape index (κ1) is 28.6. The maximum absolute atomic E-state index is 11.8. The summed E-state index contributed by atoms with van der Waals surface area (Å²) in [7, 11) is -4.36. The Morgan fingerprint density at radius 2 is 1.45 bits per heavy atom. The second-order valence-electron chi connectivity index (χ2n) is 7.72. The van der Waals surface area contributed by atoms with Crippen LogP contribution >= 0.6 is 0 Å². The SMILES string of the molecule is CCCCCCCCCCCCc1c(Oc2cccc([O-])c2)cccc1S(=O)(=O)O.[K+]. The van der Waals surface area contributed by atoms with Crippen molar-refractivity contribution in [1.29, 1.82) is 0 Å². The van der Waals surface area contributed by atoms with Gasteiger partial charge in [0.05, 0.1) is 0 Å². The Bertz CT molecular complexity index is 883. The van der Waals surface area contributed by atoms with Crippen molar-refractivity contribution < 1.29 is 74.2 Å². The summed E-state index contributed by atoms with van der Waals surface area (Å²) >= 11 is 0. The van der Waals surface area contributed by atoms with Gasteiger partial charge in [-0.2, -0.15) is 8.42 Å². The average molecular weight is 473 g/mol. The molecule has 0 amide bonds. The van der Waals surface area contributed by atoms with Gasteiger partial charge in [-0.15, -0.1) is 5.75 Å². The van der Waals surface area contributed by atoms with Gasteiger partial charge >= 0.3 is 51.4 Å². The van der Waals surface area contributed by atoms with E-state index in [4.69, 9.17) is 4.74 Å². The van der Waals surface area contributed by atoms with Crippen molar-refractivity contribution in [2.24, 2.45) is 0 Å². The number of ether oxygens (including phenoxy) is 1. The molecule has 0 heterocycles. The first-order valence-corrected chi connectivity index (χ1v) is 12.4. The molecule has 2 rings (SSSR count). The van der Waals surface area contributed by atoms with Crippen LogP contribution < -0.4 is 61.2 Å². The first-order valence-electron chi connectivity index (χ1n) is 11.0. The van der Waals surface area contributed by atoms with Crippen LogP contribution in [0.1, 0.15) is 76.7 Å². The minimum Gasteiger partial charge on any atom is -0.872 e. The van der Waals surface area contributed by atoms with E-state index in [1.807, 2.05) is 0 Å². The second-order valence-corrected chi connectivity index (χ2v) is 9.11. The summed E-state index contributed by atoms with van der Waals surface area (Å²) in [6.07, 6.45) is 12.3. The summed E-state index contributed by atoms with van der Waals surface area (Å²) < 4.78 is 39.1. The molecule has 0 fully saturated rings. The third-order valence-corrected chi connectivity index (χ3v) is 6.12. The Morgan fingerprint density at radius 3 is 2.03 bits per heavy atom. The fourth-order valence-corrected chi connectivity index (χ4v) is 4.35. The zero-order valence-electron chi connectivity index (χ0n) is 18.8. The topological polar surface area (TPSA) is 86.7 Å². The van der Waals surface area contributed by atoms with Crippen LogP contribution in [0, 0.1) is 0 Å². The molecule has 0 bridgehead atoms. The Hall–Kier alpha value is -0.414. The Labute approximate surface area is 229 Å². The van der Waals surface area contributed by atoms with Crippen LogP contribution in [-0.2, 0) is 16.5 Å². The van der Waals surface area contributed by atoms with Crippen molar-refractivity contribution in [2.45, 2.75) is 82.4 Å². The van der Waals surface area contributed by atoms with Crippen molar-refractivity contribution in [3.05, 3.63) is 48.0 Å². The molecule has 5 nitrogen and oxygen atoms in total. The molecule has 0 aromatic heterocycles. The molecule has 0 saturated heterocycles. The van der Waals surface area contributed by atoms with E-state index in [2.05, 4.69) is 6.92 Å². The maximum atomic E-state index is 11.8. The van der Waals surface area contributed by atoms with E-state index in [1.165, 1.54) is 69.2 Å². The van der Waals surface area contributed by atoms with Gasteiger partial charge in [0, 0.05) is 5.56 Å². The predicted octanol–water partition coefficient (Wildman–Crippen LogP) is 3.27. The second kappa shape index (κ2) is 15.4. The van der Waals surface area contributed by atoms with E-state index in [0.29, 0.717) is 23.5 Å². The maximum Gasteiger partial charge on any atom is 1.00 e. The zero-order chi connectivity index (χ0) is 21.8. The summed E-state index contributed by atoms with van der Waals surface area (Å²) in [6, 6.07) is 10.6. The molecular weight excluding hydrogens is 439 g/mol. The summed E-state index contributed by atoms with van der Waals surface area (Å²) in [5, 5.41) is 11.5. The van der Waals surface area contributed by atoms with Crippen LogP contribution in [0.25, 0.3) is 0 Å². The molecule has 0 atom stereocenters. The van der Waals surface area contributed by atoms with E-state index >= 15 is 0 Å². The molecule has 7 heteroatoms. The molecule has 0 unspecified atom stereocenters. The predicted molar refractivity (Wildman–Crippen MR) is 118 cm³/mol. The van der Waals surface area contributed by atoms with Gasteiger partial charge in [-0.25, -0.2) is 0 Å². The minimum atomic E-state index is -4.36. The summed E-state index contributed by atoms with van der Waals surface area (Å²) in [5.74, 6) is 0.514. The summed E-state index contributed by atoms with van der Waals surface area (Å²) in [5.41, 5.74) is 0.455.